The molecule has 2 atom stereocenters. The lowest BCUT2D eigenvalue weighted by atomic mass is 10.1. The molecule has 2 fully saturated rings. The Balaban J connectivity index is 2.11. The molecule has 0 spiro atoms. The van der Waals surface area contributed by atoms with Gasteiger partial charge in [0, 0.05) is 25.2 Å². The van der Waals surface area contributed by atoms with Gasteiger partial charge >= 0.3 is 5.97 Å². The van der Waals surface area contributed by atoms with Crippen LogP contribution in [0.15, 0.2) is 0 Å². The second kappa shape index (κ2) is 4.55. The van der Waals surface area contributed by atoms with E-state index in [2.05, 4.69) is 4.90 Å². The van der Waals surface area contributed by atoms with Gasteiger partial charge in [0.2, 0.25) is 10.0 Å². The van der Waals surface area contributed by atoms with E-state index in [-0.39, 0.29) is 6.04 Å². The molecule has 0 radical (unpaired) electrons. The summed E-state index contributed by atoms with van der Waals surface area (Å²) in [6.07, 6.45) is 2.92. The van der Waals surface area contributed by atoms with Crippen molar-refractivity contribution >= 4 is 16.0 Å². The quantitative estimate of drug-likeness (QED) is 0.746. The van der Waals surface area contributed by atoms with Crippen LogP contribution in [0.4, 0.5) is 0 Å². The molecule has 7 heteroatoms. The van der Waals surface area contributed by atoms with E-state index in [1.807, 2.05) is 7.05 Å². The van der Waals surface area contributed by atoms with E-state index >= 15 is 0 Å². The van der Waals surface area contributed by atoms with Crippen molar-refractivity contribution < 1.29 is 18.3 Å². The largest absolute Gasteiger partial charge is 0.480 e. The van der Waals surface area contributed by atoms with Gasteiger partial charge in [0.1, 0.15) is 0 Å². The average molecular weight is 262 g/mol. The highest BCUT2D eigenvalue weighted by Gasteiger charge is 2.38. The standard InChI is InChI=1S/C10H18N2O4S/c1-11-8-2-3-9(11)6-12(5-4-8)17(15,16)7-10(13)14/h8-9H,2-7H2,1H3,(H,13,14). The van der Waals surface area contributed by atoms with Gasteiger partial charge in [0.15, 0.2) is 5.75 Å². The Morgan fingerprint density at radius 1 is 1.29 bits per heavy atom. The number of carboxylic acids is 1. The Bertz CT molecular complexity index is 409. The molecular formula is C10H18N2O4S. The van der Waals surface area contributed by atoms with E-state index in [4.69, 9.17) is 5.11 Å². The van der Waals surface area contributed by atoms with Crippen molar-refractivity contribution in [1.29, 1.82) is 0 Å². The normalized spacial score (nSPS) is 31.4. The third-order valence-corrected chi connectivity index (χ3v) is 5.54. The van der Waals surface area contributed by atoms with Gasteiger partial charge in [-0.15, -0.1) is 0 Å². The number of fused-ring (bicyclic) bond motifs is 2. The second-order valence-electron chi connectivity index (χ2n) is 4.85. The first-order valence-electron chi connectivity index (χ1n) is 5.81. The molecule has 2 aliphatic rings. The molecule has 1 N–H and O–H groups in total. The summed E-state index contributed by atoms with van der Waals surface area (Å²) in [4.78, 5) is 12.8. The maximum Gasteiger partial charge on any atom is 0.320 e. The minimum atomic E-state index is -3.64. The Morgan fingerprint density at radius 3 is 2.59 bits per heavy atom. The van der Waals surface area contributed by atoms with Crippen molar-refractivity contribution in [2.75, 3.05) is 25.9 Å². The molecule has 0 aliphatic carbocycles. The first-order valence-corrected chi connectivity index (χ1v) is 7.42. The Kier molecular flexibility index (Phi) is 3.42. The van der Waals surface area contributed by atoms with Gasteiger partial charge in [0.05, 0.1) is 0 Å². The predicted molar refractivity (Wildman–Crippen MR) is 62.2 cm³/mol. The van der Waals surface area contributed by atoms with Crippen LogP contribution in [0, 0.1) is 0 Å². The summed E-state index contributed by atoms with van der Waals surface area (Å²) in [5.41, 5.74) is 0. The number of carbonyl (C=O) groups is 1. The lowest BCUT2D eigenvalue weighted by molar-refractivity contribution is -0.134. The first-order chi connectivity index (χ1) is 7.90. The van der Waals surface area contributed by atoms with Crippen molar-refractivity contribution in [2.24, 2.45) is 0 Å². The first kappa shape index (κ1) is 12.8. The Hall–Kier alpha value is -0.660. The van der Waals surface area contributed by atoms with Crippen LogP contribution in [-0.4, -0.2) is 66.7 Å². The number of hydrogen-bond acceptors (Lipinski definition) is 4. The van der Waals surface area contributed by atoms with E-state index in [0.717, 1.165) is 19.3 Å². The van der Waals surface area contributed by atoms with Gasteiger partial charge in [-0.2, -0.15) is 4.31 Å². The zero-order chi connectivity index (χ0) is 12.6. The van der Waals surface area contributed by atoms with Gasteiger partial charge in [-0.3, -0.25) is 9.69 Å². The molecule has 0 aromatic heterocycles. The zero-order valence-corrected chi connectivity index (χ0v) is 10.7. The third-order valence-electron chi connectivity index (χ3n) is 3.81. The van der Waals surface area contributed by atoms with Crippen LogP contribution < -0.4 is 0 Å². The summed E-state index contributed by atoms with van der Waals surface area (Å²) in [5, 5.41) is 8.62. The minimum Gasteiger partial charge on any atom is -0.480 e. The van der Waals surface area contributed by atoms with E-state index in [0.29, 0.717) is 19.1 Å². The molecular weight excluding hydrogens is 244 g/mol. The van der Waals surface area contributed by atoms with Gasteiger partial charge < -0.3 is 5.11 Å². The fraction of sp³-hybridized carbons (Fsp3) is 0.900. The van der Waals surface area contributed by atoms with Crippen molar-refractivity contribution in [3.63, 3.8) is 0 Å². The van der Waals surface area contributed by atoms with Gasteiger partial charge in [-0.25, -0.2) is 8.42 Å². The van der Waals surface area contributed by atoms with Crippen molar-refractivity contribution in [1.82, 2.24) is 9.21 Å². The fourth-order valence-corrected chi connectivity index (χ4v) is 4.05. The molecule has 2 bridgehead atoms. The third kappa shape index (κ3) is 2.61. The highest BCUT2D eigenvalue weighted by molar-refractivity contribution is 7.89. The van der Waals surface area contributed by atoms with Crippen LogP contribution >= 0.6 is 0 Å². The molecule has 2 unspecified atom stereocenters. The SMILES string of the molecule is CN1C2CCC1CN(S(=O)(=O)CC(=O)O)CC2. The van der Waals surface area contributed by atoms with Gasteiger partial charge in [-0.05, 0) is 26.3 Å². The number of likely N-dealkylation sites (N-methyl/N-ethyl adjacent to an activating group) is 1. The number of sulfonamides is 1. The summed E-state index contributed by atoms with van der Waals surface area (Å²) >= 11 is 0. The van der Waals surface area contributed by atoms with E-state index in [9.17, 15) is 13.2 Å². The molecule has 0 aromatic rings. The summed E-state index contributed by atoms with van der Waals surface area (Å²) in [7, 11) is -1.62. The Labute approximate surface area is 101 Å². The summed E-state index contributed by atoms with van der Waals surface area (Å²) in [6.45, 7) is 0.879. The highest BCUT2D eigenvalue weighted by Crippen LogP contribution is 2.29. The molecule has 0 saturated carbocycles. The van der Waals surface area contributed by atoms with Crippen LogP contribution in [0.5, 0.6) is 0 Å². The summed E-state index contributed by atoms with van der Waals surface area (Å²) < 4.78 is 25.1. The van der Waals surface area contributed by atoms with Crippen LogP contribution in [0.3, 0.4) is 0 Å². The lowest BCUT2D eigenvalue weighted by Gasteiger charge is -2.24. The van der Waals surface area contributed by atoms with E-state index in [1.165, 1.54) is 4.31 Å². The fourth-order valence-electron chi connectivity index (χ4n) is 2.78. The number of nitrogens with zero attached hydrogens (tertiary/aromatic N) is 2. The molecule has 98 valence electrons. The monoisotopic (exact) mass is 262 g/mol. The lowest BCUT2D eigenvalue weighted by Crippen LogP contribution is -2.41. The van der Waals surface area contributed by atoms with Crippen LogP contribution in [0.1, 0.15) is 19.3 Å². The molecule has 2 aliphatic heterocycles. The van der Waals surface area contributed by atoms with Crippen molar-refractivity contribution in [2.45, 2.75) is 31.3 Å². The summed E-state index contributed by atoms with van der Waals surface area (Å²) in [6, 6.07) is 0.691. The van der Waals surface area contributed by atoms with Gasteiger partial charge in [0.25, 0.3) is 0 Å². The number of hydrogen-bond donors (Lipinski definition) is 1. The van der Waals surface area contributed by atoms with Gasteiger partial charge in [-0.1, -0.05) is 0 Å². The molecule has 6 nitrogen and oxygen atoms in total. The van der Waals surface area contributed by atoms with Crippen LogP contribution in [0.25, 0.3) is 0 Å². The molecule has 2 rings (SSSR count). The topological polar surface area (TPSA) is 77.9 Å². The van der Waals surface area contributed by atoms with E-state index < -0.39 is 21.7 Å². The zero-order valence-electron chi connectivity index (χ0n) is 9.87. The molecule has 17 heavy (non-hydrogen) atoms. The predicted octanol–water partition coefficient (Wildman–Crippen LogP) is -0.431. The van der Waals surface area contributed by atoms with Crippen molar-refractivity contribution in [3.05, 3.63) is 0 Å². The summed E-state index contributed by atoms with van der Waals surface area (Å²) in [5.74, 6) is -2.08. The highest BCUT2D eigenvalue weighted by atomic mass is 32.2. The number of aliphatic carboxylic acids is 1. The van der Waals surface area contributed by atoms with Crippen molar-refractivity contribution in [3.8, 4) is 0 Å². The Morgan fingerprint density at radius 2 is 1.94 bits per heavy atom. The molecule has 2 saturated heterocycles. The van der Waals surface area contributed by atoms with Crippen LogP contribution in [0.2, 0.25) is 0 Å². The number of carboxylic acid groups (broad SMARTS) is 1. The second-order valence-corrected chi connectivity index (χ2v) is 6.82. The number of rotatable bonds is 3. The molecule has 2 heterocycles. The van der Waals surface area contributed by atoms with Crippen LogP contribution in [-0.2, 0) is 14.8 Å². The maximum atomic E-state index is 11.9. The molecule has 0 amide bonds. The maximum absolute atomic E-state index is 11.9. The smallest absolute Gasteiger partial charge is 0.320 e. The van der Waals surface area contributed by atoms with E-state index in [1.54, 1.807) is 0 Å². The molecule has 0 aromatic carbocycles. The average Bonchev–Trinajstić information content (AvgIpc) is 2.37. The minimum absolute atomic E-state index is 0.242.